The quantitative estimate of drug-likeness (QED) is 0.451. The molecular formula is C17H25IN6. The van der Waals surface area contributed by atoms with Gasteiger partial charge in [0.1, 0.15) is 5.82 Å². The predicted octanol–water partition coefficient (Wildman–Crippen LogP) is 2.44. The van der Waals surface area contributed by atoms with E-state index in [-0.39, 0.29) is 24.0 Å². The van der Waals surface area contributed by atoms with Crippen molar-refractivity contribution in [2.24, 2.45) is 4.99 Å². The zero-order chi connectivity index (χ0) is 16.1. The van der Waals surface area contributed by atoms with Crippen molar-refractivity contribution < 1.29 is 0 Å². The van der Waals surface area contributed by atoms with Gasteiger partial charge in [0.05, 0.1) is 6.54 Å². The van der Waals surface area contributed by atoms with Crippen LogP contribution < -0.4 is 5.32 Å². The third-order valence-electron chi connectivity index (χ3n) is 4.18. The molecule has 0 amide bonds. The zero-order valence-corrected chi connectivity index (χ0v) is 16.6. The first-order valence-electron chi connectivity index (χ1n) is 8.14. The fourth-order valence-corrected chi connectivity index (χ4v) is 2.97. The third kappa shape index (κ3) is 4.46. The Morgan fingerprint density at radius 2 is 2.04 bits per heavy atom. The smallest absolute Gasteiger partial charge is 0.194 e. The lowest BCUT2D eigenvalue weighted by molar-refractivity contribution is 0.468. The van der Waals surface area contributed by atoms with E-state index in [9.17, 15) is 0 Å². The summed E-state index contributed by atoms with van der Waals surface area (Å²) in [7, 11) is 3.85. The van der Waals surface area contributed by atoms with Crippen molar-refractivity contribution >= 4 is 29.9 Å². The second-order valence-electron chi connectivity index (χ2n) is 5.88. The van der Waals surface area contributed by atoms with Crippen molar-refractivity contribution in [3.63, 3.8) is 0 Å². The Morgan fingerprint density at radius 1 is 1.25 bits per heavy atom. The van der Waals surface area contributed by atoms with E-state index in [0.717, 1.165) is 37.1 Å². The maximum absolute atomic E-state index is 4.37. The highest BCUT2D eigenvalue weighted by Gasteiger charge is 2.16. The van der Waals surface area contributed by atoms with Crippen molar-refractivity contribution in [1.82, 2.24) is 25.0 Å². The van der Waals surface area contributed by atoms with Gasteiger partial charge in [-0.25, -0.2) is 0 Å². The molecule has 0 radical (unpaired) electrons. The molecule has 1 aromatic heterocycles. The minimum absolute atomic E-state index is 0. The van der Waals surface area contributed by atoms with Gasteiger partial charge in [-0.2, -0.15) is 0 Å². The molecule has 0 bridgehead atoms. The van der Waals surface area contributed by atoms with Crippen LogP contribution >= 0.6 is 24.0 Å². The molecule has 24 heavy (non-hydrogen) atoms. The Kier molecular flexibility index (Phi) is 7.01. The molecule has 1 aliphatic rings. The molecule has 2 aromatic rings. The lowest BCUT2D eigenvalue weighted by Gasteiger charge is -2.22. The van der Waals surface area contributed by atoms with Gasteiger partial charge in [0.15, 0.2) is 11.8 Å². The molecule has 0 atom stereocenters. The largest absolute Gasteiger partial charge is 0.349 e. The maximum atomic E-state index is 4.37. The highest BCUT2D eigenvalue weighted by atomic mass is 127. The van der Waals surface area contributed by atoms with Gasteiger partial charge in [0, 0.05) is 33.6 Å². The number of aliphatic imine (C=N–C) groups is 1. The van der Waals surface area contributed by atoms with Gasteiger partial charge in [0.25, 0.3) is 0 Å². The van der Waals surface area contributed by atoms with Gasteiger partial charge in [-0.05, 0) is 18.4 Å². The van der Waals surface area contributed by atoms with Gasteiger partial charge < -0.3 is 14.8 Å². The van der Waals surface area contributed by atoms with Crippen LogP contribution in [0.5, 0.6) is 0 Å². The standard InChI is InChI=1S/C17H24N6.HI/c1-18-17(22(2)13-14-8-4-3-5-9-14)19-12-16-21-20-15-10-6-7-11-23(15)16;/h3-5,8-9H,6-7,10-13H2,1-2H3,(H,18,19);1H. The highest BCUT2D eigenvalue weighted by molar-refractivity contribution is 14.0. The van der Waals surface area contributed by atoms with Gasteiger partial charge in [-0.3, -0.25) is 4.99 Å². The molecule has 130 valence electrons. The first-order valence-corrected chi connectivity index (χ1v) is 8.14. The number of aromatic nitrogens is 3. The predicted molar refractivity (Wildman–Crippen MR) is 106 cm³/mol. The Balaban J connectivity index is 0.00000208. The molecule has 1 aliphatic heterocycles. The van der Waals surface area contributed by atoms with E-state index >= 15 is 0 Å². The number of aryl methyl sites for hydroxylation is 1. The van der Waals surface area contributed by atoms with E-state index in [1.807, 2.05) is 20.2 Å². The van der Waals surface area contributed by atoms with E-state index < -0.39 is 0 Å². The topological polar surface area (TPSA) is 58.3 Å². The van der Waals surface area contributed by atoms with E-state index in [2.05, 4.69) is 54.2 Å². The summed E-state index contributed by atoms with van der Waals surface area (Å²) in [6, 6.07) is 10.4. The Bertz CT molecular complexity index is 667. The van der Waals surface area contributed by atoms with Gasteiger partial charge in [-0.15, -0.1) is 34.2 Å². The number of hydrogen-bond donors (Lipinski definition) is 1. The Hall–Kier alpha value is -1.64. The average molecular weight is 440 g/mol. The second-order valence-corrected chi connectivity index (χ2v) is 5.88. The van der Waals surface area contributed by atoms with Crippen molar-refractivity contribution in [2.45, 2.75) is 38.9 Å². The third-order valence-corrected chi connectivity index (χ3v) is 4.18. The van der Waals surface area contributed by atoms with Gasteiger partial charge in [0.2, 0.25) is 0 Å². The summed E-state index contributed by atoms with van der Waals surface area (Å²) < 4.78 is 2.24. The van der Waals surface area contributed by atoms with Crippen molar-refractivity contribution in [1.29, 1.82) is 0 Å². The van der Waals surface area contributed by atoms with Crippen LogP contribution in [0.2, 0.25) is 0 Å². The van der Waals surface area contributed by atoms with Crippen LogP contribution in [0.4, 0.5) is 0 Å². The molecule has 6 nitrogen and oxygen atoms in total. The summed E-state index contributed by atoms with van der Waals surface area (Å²) >= 11 is 0. The van der Waals surface area contributed by atoms with Crippen LogP contribution in [0.15, 0.2) is 35.3 Å². The van der Waals surface area contributed by atoms with E-state index in [0.29, 0.717) is 6.54 Å². The summed E-state index contributed by atoms with van der Waals surface area (Å²) in [5, 5.41) is 12.0. The summed E-state index contributed by atoms with van der Waals surface area (Å²) in [5.41, 5.74) is 1.26. The fourth-order valence-electron chi connectivity index (χ4n) is 2.97. The molecule has 0 aliphatic carbocycles. The zero-order valence-electron chi connectivity index (χ0n) is 14.3. The fraction of sp³-hybridized carbons (Fsp3) is 0.471. The number of hydrogen-bond acceptors (Lipinski definition) is 3. The molecule has 7 heteroatoms. The van der Waals surface area contributed by atoms with E-state index in [1.54, 1.807) is 0 Å². The van der Waals surface area contributed by atoms with Crippen LogP contribution in [0.3, 0.4) is 0 Å². The highest BCUT2D eigenvalue weighted by Crippen LogP contribution is 2.14. The molecule has 0 saturated carbocycles. The number of halogens is 1. The van der Waals surface area contributed by atoms with Crippen LogP contribution in [-0.2, 0) is 26.1 Å². The lowest BCUT2D eigenvalue weighted by Crippen LogP contribution is -2.38. The normalized spacial score (nSPS) is 13.8. The molecule has 0 saturated heterocycles. The second kappa shape index (κ2) is 9.00. The minimum atomic E-state index is 0. The average Bonchev–Trinajstić information content (AvgIpc) is 3.00. The summed E-state index contributed by atoms with van der Waals surface area (Å²) in [4.78, 5) is 6.48. The van der Waals surface area contributed by atoms with Crippen molar-refractivity contribution in [2.75, 3.05) is 14.1 Å². The molecule has 1 aromatic carbocycles. The van der Waals surface area contributed by atoms with Crippen LogP contribution in [0.25, 0.3) is 0 Å². The van der Waals surface area contributed by atoms with Crippen LogP contribution in [-0.4, -0.2) is 39.7 Å². The number of rotatable bonds is 4. The van der Waals surface area contributed by atoms with Crippen molar-refractivity contribution in [3.05, 3.63) is 47.5 Å². The monoisotopic (exact) mass is 440 g/mol. The van der Waals surface area contributed by atoms with Crippen molar-refractivity contribution in [3.8, 4) is 0 Å². The van der Waals surface area contributed by atoms with Crippen LogP contribution in [0.1, 0.15) is 30.1 Å². The van der Waals surface area contributed by atoms with E-state index in [1.165, 1.54) is 18.4 Å². The first-order chi connectivity index (χ1) is 11.3. The number of guanidine groups is 1. The molecule has 2 heterocycles. The number of nitrogens with one attached hydrogen (secondary N) is 1. The molecule has 0 unspecified atom stereocenters. The number of benzene rings is 1. The van der Waals surface area contributed by atoms with E-state index in [4.69, 9.17) is 0 Å². The maximum Gasteiger partial charge on any atom is 0.194 e. The summed E-state index contributed by atoms with van der Waals surface area (Å²) in [6.45, 7) is 2.50. The minimum Gasteiger partial charge on any atom is -0.349 e. The number of fused-ring (bicyclic) bond motifs is 1. The summed E-state index contributed by atoms with van der Waals surface area (Å²) in [6.07, 6.45) is 3.46. The molecular weight excluding hydrogens is 415 g/mol. The van der Waals surface area contributed by atoms with Gasteiger partial charge >= 0.3 is 0 Å². The van der Waals surface area contributed by atoms with Gasteiger partial charge in [-0.1, -0.05) is 30.3 Å². The number of nitrogens with zero attached hydrogens (tertiary/aromatic N) is 5. The first kappa shape index (κ1) is 18.7. The molecule has 1 N–H and O–H groups in total. The Morgan fingerprint density at radius 3 is 2.79 bits per heavy atom. The SMILES string of the molecule is CN=C(NCc1nnc2n1CCCC2)N(C)Cc1ccccc1.I. The molecule has 3 rings (SSSR count). The summed E-state index contributed by atoms with van der Waals surface area (Å²) in [5.74, 6) is 2.97. The molecule has 0 fully saturated rings. The Labute approximate surface area is 160 Å². The van der Waals surface area contributed by atoms with Crippen LogP contribution in [0, 0.1) is 0 Å². The molecule has 0 spiro atoms. The lowest BCUT2D eigenvalue weighted by atomic mass is 10.2.